The maximum Gasteiger partial charge on any atom is 0.0577 e. The van der Waals surface area contributed by atoms with Crippen molar-refractivity contribution >= 4 is 0 Å². The Morgan fingerprint density at radius 1 is 1.10 bits per heavy atom. The molecular weight excluding hydrogens is 376 g/mol. The Kier molecular flexibility index (Phi) is 6.85. The van der Waals surface area contributed by atoms with Crippen LogP contribution < -0.4 is 0 Å². The highest BCUT2D eigenvalue weighted by Gasteiger charge is 2.59. The fourth-order valence-corrected chi connectivity index (χ4v) is 9.27. The molecule has 0 aromatic rings. The highest BCUT2D eigenvalue weighted by Crippen LogP contribution is 2.67. The second kappa shape index (κ2) is 9.00. The van der Waals surface area contributed by atoms with Gasteiger partial charge in [-0.15, -0.1) is 0 Å². The molecule has 1 heteroatoms. The van der Waals surface area contributed by atoms with Gasteiger partial charge in [-0.05, 0) is 123 Å². The summed E-state index contributed by atoms with van der Waals surface area (Å²) in [6.45, 7) is 16.8. The van der Waals surface area contributed by atoms with Crippen LogP contribution in [0.2, 0.25) is 0 Å². The molecule has 3 fully saturated rings. The molecular formula is C30H50O. The van der Waals surface area contributed by atoms with Crippen LogP contribution in [0.15, 0.2) is 23.8 Å². The van der Waals surface area contributed by atoms with E-state index in [-0.39, 0.29) is 6.10 Å². The van der Waals surface area contributed by atoms with E-state index in [1.807, 2.05) is 0 Å². The van der Waals surface area contributed by atoms with E-state index in [1.54, 1.807) is 5.57 Å². The Hall–Kier alpha value is -0.560. The van der Waals surface area contributed by atoms with E-state index < -0.39 is 0 Å². The molecule has 31 heavy (non-hydrogen) atoms. The second-order valence-electron chi connectivity index (χ2n) is 12.6. The highest BCUT2D eigenvalue weighted by molar-refractivity contribution is 5.25. The lowest BCUT2D eigenvalue weighted by atomic mass is 9.47. The molecule has 0 amide bonds. The SMILES string of the molecule is C=C(CC)[C@H](CC)CC[C@@H](C)C1CCC2C3CC=C4C[C@@H](O)CCC4(C)C3CCC21C. The van der Waals surface area contributed by atoms with E-state index >= 15 is 0 Å². The summed E-state index contributed by atoms with van der Waals surface area (Å²) in [6.07, 6.45) is 17.9. The number of aliphatic hydroxyl groups is 1. The molecule has 1 nitrogen and oxygen atoms in total. The summed E-state index contributed by atoms with van der Waals surface area (Å²) in [6, 6.07) is 0. The van der Waals surface area contributed by atoms with Gasteiger partial charge >= 0.3 is 0 Å². The van der Waals surface area contributed by atoms with Gasteiger partial charge in [-0.25, -0.2) is 0 Å². The van der Waals surface area contributed by atoms with Crippen molar-refractivity contribution in [3.63, 3.8) is 0 Å². The van der Waals surface area contributed by atoms with Gasteiger partial charge in [0.25, 0.3) is 0 Å². The van der Waals surface area contributed by atoms with Gasteiger partial charge in [-0.1, -0.05) is 58.4 Å². The van der Waals surface area contributed by atoms with Gasteiger partial charge in [0.05, 0.1) is 6.10 Å². The van der Waals surface area contributed by atoms with Crippen LogP contribution in [0, 0.1) is 46.3 Å². The molecule has 0 aromatic carbocycles. The van der Waals surface area contributed by atoms with Gasteiger partial charge in [0.1, 0.15) is 0 Å². The minimum atomic E-state index is -0.0859. The lowest BCUT2D eigenvalue weighted by Gasteiger charge is -2.58. The average Bonchev–Trinajstić information content (AvgIpc) is 3.11. The first-order valence-electron chi connectivity index (χ1n) is 13.8. The Labute approximate surface area is 193 Å². The van der Waals surface area contributed by atoms with Crippen LogP contribution in [-0.4, -0.2) is 11.2 Å². The van der Waals surface area contributed by atoms with Gasteiger partial charge < -0.3 is 5.11 Å². The van der Waals surface area contributed by atoms with E-state index in [9.17, 15) is 5.11 Å². The van der Waals surface area contributed by atoms with E-state index in [0.717, 1.165) is 54.8 Å². The van der Waals surface area contributed by atoms with Crippen LogP contribution in [0.25, 0.3) is 0 Å². The predicted molar refractivity (Wildman–Crippen MR) is 133 cm³/mol. The van der Waals surface area contributed by atoms with Crippen molar-refractivity contribution in [2.75, 3.05) is 0 Å². The minimum absolute atomic E-state index is 0.0859. The molecule has 0 aliphatic heterocycles. The first-order valence-corrected chi connectivity index (χ1v) is 13.8. The van der Waals surface area contributed by atoms with Crippen molar-refractivity contribution in [1.29, 1.82) is 0 Å². The lowest BCUT2D eigenvalue weighted by Crippen LogP contribution is -2.50. The van der Waals surface area contributed by atoms with E-state index in [1.165, 1.54) is 63.4 Å². The van der Waals surface area contributed by atoms with E-state index in [0.29, 0.717) is 10.8 Å². The molecule has 4 aliphatic carbocycles. The van der Waals surface area contributed by atoms with Gasteiger partial charge in [0, 0.05) is 0 Å². The van der Waals surface area contributed by atoms with Gasteiger partial charge in [0.2, 0.25) is 0 Å². The topological polar surface area (TPSA) is 20.2 Å². The summed E-state index contributed by atoms with van der Waals surface area (Å²) in [5.74, 6) is 5.18. The number of hydrogen-bond acceptors (Lipinski definition) is 1. The Balaban J connectivity index is 1.46. The fraction of sp³-hybridized carbons (Fsp3) is 0.867. The Morgan fingerprint density at radius 2 is 1.87 bits per heavy atom. The molecule has 4 rings (SSSR count). The molecule has 176 valence electrons. The van der Waals surface area contributed by atoms with Crippen LogP contribution in [-0.2, 0) is 0 Å². The van der Waals surface area contributed by atoms with Crippen LogP contribution in [0.5, 0.6) is 0 Å². The summed E-state index contributed by atoms with van der Waals surface area (Å²) in [4.78, 5) is 0. The molecule has 0 heterocycles. The maximum absolute atomic E-state index is 10.3. The number of fused-ring (bicyclic) bond motifs is 5. The largest absolute Gasteiger partial charge is 0.393 e. The molecule has 0 bridgehead atoms. The molecule has 9 atom stereocenters. The lowest BCUT2D eigenvalue weighted by molar-refractivity contribution is -0.0574. The third-order valence-electron chi connectivity index (χ3n) is 11.3. The molecule has 0 spiro atoms. The van der Waals surface area contributed by atoms with Gasteiger partial charge in [-0.3, -0.25) is 0 Å². The first kappa shape index (κ1) is 23.6. The zero-order valence-electron chi connectivity index (χ0n) is 21.3. The summed E-state index contributed by atoms with van der Waals surface area (Å²) >= 11 is 0. The van der Waals surface area contributed by atoms with Crippen LogP contribution in [0.4, 0.5) is 0 Å². The smallest absolute Gasteiger partial charge is 0.0577 e. The van der Waals surface area contributed by atoms with Crippen molar-refractivity contribution in [1.82, 2.24) is 0 Å². The standard InChI is InChI=1S/C30H50O/c1-7-20(3)22(8-2)10-9-21(4)26-13-14-27-25-12-11-23-19-24(31)15-17-29(23,5)28(25)16-18-30(26,27)6/h11,21-22,24-28,31H,3,7-10,12-19H2,1-2,4-6H3/t21-,22-,24+,25?,26?,27?,28?,29?,30?/m1/s1. The second-order valence-corrected chi connectivity index (χ2v) is 12.6. The molecule has 1 N–H and O–H groups in total. The zero-order chi connectivity index (χ0) is 22.4. The van der Waals surface area contributed by atoms with Crippen LogP contribution in [0.3, 0.4) is 0 Å². The molecule has 0 saturated heterocycles. The quantitative estimate of drug-likeness (QED) is 0.406. The fourth-order valence-electron chi connectivity index (χ4n) is 9.27. The van der Waals surface area contributed by atoms with Gasteiger partial charge in [-0.2, -0.15) is 0 Å². The third kappa shape index (κ3) is 4.00. The number of allylic oxidation sites excluding steroid dienone is 2. The predicted octanol–water partition coefficient (Wildman–Crippen LogP) is 8.34. The number of rotatable bonds is 7. The highest BCUT2D eigenvalue weighted by atomic mass is 16.3. The average molecular weight is 427 g/mol. The zero-order valence-corrected chi connectivity index (χ0v) is 21.3. The molecule has 3 saturated carbocycles. The monoisotopic (exact) mass is 426 g/mol. The van der Waals surface area contributed by atoms with Gasteiger partial charge in [0.15, 0.2) is 0 Å². The third-order valence-corrected chi connectivity index (χ3v) is 11.3. The van der Waals surface area contributed by atoms with Crippen molar-refractivity contribution in [3.05, 3.63) is 23.8 Å². The molecule has 0 radical (unpaired) electrons. The van der Waals surface area contributed by atoms with Crippen molar-refractivity contribution in [2.24, 2.45) is 46.3 Å². The summed E-state index contributed by atoms with van der Waals surface area (Å²) in [5.41, 5.74) is 4.02. The number of aliphatic hydroxyl groups excluding tert-OH is 1. The maximum atomic E-state index is 10.3. The van der Waals surface area contributed by atoms with Crippen molar-refractivity contribution < 1.29 is 5.11 Å². The normalized spacial score (nSPS) is 43.9. The molecule has 0 aromatic heterocycles. The van der Waals surface area contributed by atoms with Crippen molar-refractivity contribution in [2.45, 2.75) is 118 Å². The Bertz CT molecular complexity index is 691. The minimum Gasteiger partial charge on any atom is -0.393 e. The molecule has 6 unspecified atom stereocenters. The number of hydrogen-bond donors (Lipinski definition) is 1. The summed E-state index contributed by atoms with van der Waals surface area (Å²) in [7, 11) is 0. The van der Waals surface area contributed by atoms with Crippen LogP contribution in [0.1, 0.15) is 112 Å². The molecule has 4 aliphatic rings. The summed E-state index contributed by atoms with van der Waals surface area (Å²) < 4.78 is 0. The van der Waals surface area contributed by atoms with E-state index in [2.05, 4.69) is 47.3 Å². The first-order chi connectivity index (χ1) is 14.7. The van der Waals surface area contributed by atoms with E-state index in [4.69, 9.17) is 0 Å². The van der Waals surface area contributed by atoms with Crippen molar-refractivity contribution in [3.8, 4) is 0 Å². The Morgan fingerprint density at radius 3 is 2.58 bits per heavy atom. The summed E-state index contributed by atoms with van der Waals surface area (Å²) in [5, 5.41) is 10.3. The van der Waals surface area contributed by atoms with Crippen LogP contribution >= 0.6 is 0 Å².